The van der Waals surface area contributed by atoms with Crippen LogP contribution in [-0.2, 0) is 0 Å². The number of nitrogens with one attached hydrogen (secondary N) is 3. The van der Waals surface area contributed by atoms with Gasteiger partial charge in [0, 0.05) is 40.0 Å². The number of H-pyrrole nitrogens is 1. The van der Waals surface area contributed by atoms with E-state index in [9.17, 15) is 10.1 Å². The summed E-state index contributed by atoms with van der Waals surface area (Å²) in [6, 6.07) is 13.2. The van der Waals surface area contributed by atoms with E-state index in [4.69, 9.17) is 4.74 Å². The first-order valence-corrected chi connectivity index (χ1v) is 11.5. The smallest absolute Gasteiger partial charge is 0.251 e. The summed E-state index contributed by atoms with van der Waals surface area (Å²) in [6.07, 6.45) is 5.14. The van der Waals surface area contributed by atoms with Crippen LogP contribution in [0.5, 0.6) is 11.5 Å². The third-order valence-electron chi connectivity index (χ3n) is 6.13. The van der Waals surface area contributed by atoms with Crippen LogP contribution in [0, 0.1) is 18.3 Å². The van der Waals surface area contributed by atoms with Gasteiger partial charge in [-0.05, 0) is 77.3 Å². The maximum atomic E-state index is 13.0. The molecule has 0 saturated carbocycles. The van der Waals surface area contributed by atoms with Crippen molar-refractivity contribution >= 4 is 5.91 Å². The number of hydrogen-bond donors (Lipinski definition) is 3. The van der Waals surface area contributed by atoms with Gasteiger partial charge in [0.2, 0.25) is 0 Å². The lowest BCUT2D eigenvalue weighted by Crippen LogP contribution is -2.62. The SMILES string of the molecule is Cc1cc(C(=O)NC2CC(C)(C)NC(C)(C)C2)ccc1Oc1cccc(-c2cn[nH]c2)c1C#N. The van der Waals surface area contributed by atoms with Crippen molar-refractivity contribution in [3.05, 3.63) is 65.5 Å². The molecule has 3 aromatic rings. The van der Waals surface area contributed by atoms with Crippen LogP contribution >= 0.6 is 0 Å². The van der Waals surface area contributed by atoms with E-state index in [0.717, 1.165) is 29.5 Å². The van der Waals surface area contributed by atoms with Crippen LogP contribution in [0.4, 0.5) is 0 Å². The Hall–Kier alpha value is -3.63. The second-order valence-corrected chi connectivity index (χ2v) is 10.3. The molecular weight excluding hydrogens is 426 g/mol. The van der Waals surface area contributed by atoms with Crippen molar-refractivity contribution in [1.82, 2.24) is 20.8 Å². The fraction of sp³-hybridized carbons (Fsp3) is 0.370. The molecular formula is C27H31N5O2. The number of carbonyl (C=O) groups excluding carboxylic acids is 1. The summed E-state index contributed by atoms with van der Waals surface area (Å²) < 4.78 is 6.12. The highest BCUT2D eigenvalue weighted by Gasteiger charge is 2.38. The number of carbonyl (C=O) groups is 1. The number of ether oxygens (including phenoxy) is 1. The highest BCUT2D eigenvalue weighted by atomic mass is 16.5. The molecule has 0 radical (unpaired) electrons. The van der Waals surface area contributed by atoms with E-state index in [1.807, 2.05) is 25.1 Å². The van der Waals surface area contributed by atoms with Gasteiger partial charge in [-0.15, -0.1) is 0 Å². The molecule has 0 spiro atoms. The van der Waals surface area contributed by atoms with Crippen molar-refractivity contribution in [3.63, 3.8) is 0 Å². The van der Waals surface area contributed by atoms with E-state index >= 15 is 0 Å². The molecule has 176 valence electrons. The summed E-state index contributed by atoms with van der Waals surface area (Å²) in [5, 5.41) is 23.4. The minimum atomic E-state index is -0.0900. The van der Waals surface area contributed by atoms with Crippen LogP contribution in [0.3, 0.4) is 0 Å². The van der Waals surface area contributed by atoms with Gasteiger partial charge in [-0.3, -0.25) is 9.89 Å². The van der Waals surface area contributed by atoms with E-state index < -0.39 is 0 Å². The number of aryl methyl sites for hydroxylation is 1. The fourth-order valence-electron chi connectivity index (χ4n) is 5.09. The molecule has 0 aliphatic carbocycles. The van der Waals surface area contributed by atoms with E-state index in [-0.39, 0.29) is 23.0 Å². The van der Waals surface area contributed by atoms with Crippen LogP contribution in [0.2, 0.25) is 0 Å². The molecule has 1 aliphatic rings. The lowest BCUT2D eigenvalue weighted by molar-refractivity contribution is 0.0873. The summed E-state index contributed by atoms with van der Waals surface area (Å²) in [5.74, 6) is 0.968. The van der Waals surface area contributed by atoms with Gasteiger partial charge in [0.25, 0.3) is 5.91 Å². The molecule has 1 amide bonds. The first-order valence-electron chi connectivity index (χ1n) is 11.5. The van der Waals surface area contributed by atoms with Crippen LogP contribution in [0.15, 0.2) is 48.8 Å². The van der Waals surface area contributed by atoms with Crippen molar-refractivity contribution in [2.24, 2.45) is 0 Å². The minimum absolute atomic E-state index is 0.0449. The van der Waals surface area contributed by atoms with Crippen LogP contribution in [0.25, 0.3) is 11.1 Å². The molecule has 1 saturated heterocycles. The Bertz CT molecular complexity index is 1220. The molecule has 1 fully saturated rings. The van der Waals surface area contributed by atoms with Crippen LogP contribution in [-0.4, -0.2) is 33.2 Å². The van der Waals surface area contributed by atoms with Crippen molar-refractivity contribution in [2.45, 2.75) is 64.6 Å². The summed E-state index contributed by atoms with van der Waals surface area (Å²) in [7, 11) is 0. The minimum Gasteiger partial charge on any atom is -0.456 e. The number of nitriles is 1. The van der Waals surface area contributed by atoms with Crippen molar-refractivity contribution in [2.75, 3.05) is 0 Å². The first-order chi connectivity index (χ1) is 16.1. The van der Waals surface area contributed by atoms with Gasteiger partial charge in [-0.2, -0.15) is 10.4 Å². The van der Waals surface area contributed by atoms with Crippen molar-refractivity contribution < 1.29 is 9.53 Å². The average molecular weight is 458 g/mol. The number of nitrogens with zero attached hydrogens (tertiary/aromatic N) is 2. The second kappa shape index (κ2) is 8.96. The quantitative estimate of drug-likeness (QED) is 0.495. The summed E-state index contributed by atoms with van der Waals surface area (Å²) >= 11 is 0. The topological polar surface area (TPSA) is 103 Å². The Kier molecular flexibility index (Phi) is 6.20. The zero-order chi connectivity index (χ0) is 24.5. The molecule has 3 N–H and O–H groups in total. The Morgan fingerprint density at radius 1 is 1.15 bits per heavy atom. The predicted molar refractivity (Wildman–Crippen MR) is 132 cm³/mol. The highest BCUT2D eigenvalue weighted by Crippen LogP contribution is 2.34. The number of amides is 1. The molecule has 0 atom stereocenters. The summed E-state index contributed by atoms with van der Waals surface area (Å²) in [6.45, 7) is 10.6. The van der Waals surface area contributed by atoms with Gasteiger partial charge in [0.1, 0.15) is 23.1 Å². The molecule has 34 heavy (non-hydrogen) atoms. The molecule has 1 aromatic heterocycles. The Labute approximate surface area is 200 Å². The Morgan fingerprint density at radius 2 is 1.88 bits per heavy atom. The highest BCUT2D eigenvalue weighted by molar-refractivity contribution is 5.94. The zero-order valence-corrected chi connectivity index (χ0v) is 20.3. The standard InChI is InChI=1S/C27H31N5O2/c1-17-11-18(25(33)31-20-12-26(2,3)32-27(4,5)13-20)9-10-23(17)34-24-8-6-7-21(22(24)14-28)19-15-29-30-16-19/h6-11,15-16,20,32H,12-13H2,1-5H3,(H,29,30)(H,31,33). The fourth-order valence-corrected chi connectivity index (χ4v) is 5.09. The maximum Gasteiger partial charge on any atom is 0.251 e. The van der Waals surface area contributed by atoms with E-state index in [2.05, 4.69) is 54.6 Å². The first kappa shape index (κ1) is 23.5. The number of rotatable bonds is 5. The Balaban J connectivity index is 1.52. The van der Waals surface area contributed by atoms with Gasteiger partial charge in [0.15, 0.2) is 0 Å². The number of aromatic nitrogens is 2. The van der Waals surface area contributed by atoms with Crippen LogP contribution in [0.1, 0.15) is 62.0 Å². The van der Waals surface area contributed by atoms with Gasteiger partial charge in [-0.25, -0.2) is 0 Å². The monoisotopic (exact) mass is 457 g/mol. The number of benzene rings is 2. The second-order valence-electron chi connectivity index (χ2n) is 10.3. The number of piperidine rings is 1. The third-order valence-corrected chi connectivity index (χ3v) is 6.13. The molecule has 1 aliphatic heterocycles. The normalized spacial score (nSPS) is 17.1. The van der Waals surface area contributed by atoms with Gasteiger partial charge < -0.3 is 15.4 Å². The average Bonchev–Trinajstić information content (AvgIpc) is 3.27. The Morgan fingerprint density at radius 3 is 2.50 bits per heavy atom. The maximum absolute atomic E-state index is 13.0. The number of aromatic amines is 1. The third kappa shape index (κ3) is 5.13. The molecule has 2 aromatic carbocycles. The van der Waals surface area contributed by atoms with Gasteiger partial charge in [-0.1, -0.05) is 12.1 Å². The van der Waals surface area contributed by atoms with Crippen LogP contribution < -0.4 is 15.4 Å². The van der Waals surface area contributed by atoms with E-state index in [0.29, 0.717) is 22.6 Å². The molecule has 0 unspecified atom stereocenters. The lowest BCUT2D eigenvalue weighted by Gasteiger charge is -2.46. The predicted octanol–water partition coefficient (Wildman–Crippen LogP) is 5.09. The molecule has 4 rings (SSSR count). The van der Waals surface area contributed by atoms with Gasteiger partial charge >= 0.3 is 0 Å². The zero-order valence-electron chi connectivity index (χ0n) is 20.3. The lowest BCUT2D eigenvalue weighted by atomic mass is 9.79. The molecule has 7 heteroatoms. The summed E-state index contributed by atoms with van der Waals surface area (Å²) in [4.78, 5) is 13.0. The molecule has 0 bridgehead atoms. The van der Waals surface area contributed by atoms with E-state index in [1.165, 1.54) is 0 Å². The number of hydrogen-bond acceptors (Lipinski definition) is 5. The van der Waals surface area contributed by atoms with Gasteiger partial charge in [0.05, 0.1) is 6.20 Å². The molecule has 2 heterocycles. The van der Waals surface area contributed by atoms with Crippen molar-refractivity contribution in [3.8, 4) is 28.7 Å². The largest absolute Gasteiger partial charge is 0.456 e. The molecule has 7 nitrogen and oxygen atoms in total. The van der Waals surface area contributed by atoms with E-state index in [1.54, 1.807) is 30.6 Å². The summed E-state index contributed by atoms with van der Waals surface area (Å²) in [5.41, 5.74) is 3.31. The van der Waals surface area contributed by atoms with Crippen molar-refractivity contribution in [1.29, 1.82) is 5.26 Å².